The molecule has 0 saturated carbocycles. The number of nitrogens with zero attached hydrogens (tertiary/aromatic N) is 1. The van der Waals surface area contributed by atoms with Gasteiger partial charge in [0.1, 0.15) is 5.76 Å². The molecular weight excluding hydrogens is 282 g/mol. The van der Waals surface area contributed by atoms with Crippen molar-refractivity contribution in [1.29, 1.82) is 0 Å². The summed E-state index contributed by atoms with van der Waals surface area (Å²) in [4.78, 5) is 13.8. The Labute approximate surface area is 130 Å². The van der Waals surface area contributed by atoms with E-state index in [0.29, 0.717) is 30.9 Å². The minimum atomic E-state index is 0.0752. The van der Waals surface area contributed by atoms with Crippen molar-refractivity contribution in [2.45, 2.75) is 19.4 Å². The molecule has 0 fully saturated rings. The molecule has 2 aromatic rings. The maximum atomic E-state index is 12.1. The molecule has 0 aliphatic carbocycles. The molecule has 0 radical (unpaired) electrons. The molecule has 0 N–H and O–H groups in total. The van der Waals surface area contributed by atoms with Gasteiger partial charge in [-0.2, -0.15) is 0 Å². The zero-order chi connectivity index (χ0) is 15.9. The van der Waals surface area contributed by atoms with Crippen LogP contribution < -0.4 is 9.47 Å². The smallest absolute Gasteiger partial charge is 0.223 e. The van der Waals surface area contributed by atoms with Crippen molar-refractivity contribution in [2.24, 2.45) is 0 Å². The summed E-state index contributed by atoms with van der Waals surface area (Å²) in [5, 5.41) is 0. The molecule has 118 valence electrons. The standard InChI is InChI=1S/C17H21NO4/c1-18(12-14-5-4-10-22-14)17(19)9-7-13-6-8-15(20-2)16(11-13)21-3/h4-6,8,10-11H,7,9,12H2,1-3H3. The highest BCUT2D eigenvalue weighted by Gasteiger charge is 2.12. The summed E-state index contributed by atoms with van der Waals surface area (Å²) in [5.41, 5.74) is 1.04. The van der Waals surface area contributed by atoms with E-state index >= 15 is 0 Å². The number of benzene rings is 1. The molecule has 1 aromatic heterocycles. The lowest BCUT2D eigenvalue weighted by molar-refractivity contribution is -0.130. The van der Waals surface area contributed by atoms with Crippen LogP contribution in [-0.2, 0) is 17.8 Å². The van der Waals surface area contributed by atoms with Gasteiger partial charge >= 0.3 is 0 Å². The summed E-state index contributed by atoms with van der Waals surface area (Å²) < 4.78 is 15.7. The first-order chi connectivity index (χ1) is 10.6. The van der Waals surface area contributed by atoms with Crippen molar-refractivity contribution >= 4 is 5.91 Å². The Morgan fingerprint density at radius 1 is 1.18 bits per heavy atom. The summed E-state index contributed by atoms with van der Waals surface area (Å²) in [7, 11) is 4.98. The maximum absolute atomic E-state index is 12.1. The number of furan rings is 1. The van der Waals surface area contributed by atoms with E-state index in [9.17, 15) is 4.79 Å². The molecule has 5 heteroatoms. The fourth-order valence-electron chi connectivity index (χ4n) is 2.20. The predicted molar refractivity (Wildman–Crippen MR) is 83.0 cm³/mol. The highest BCUT2D eigenvalue weighted by Crippen LogP contribution is 2.28. The van der Waals surface area contributed by atoms with Gasteiger partial charge in [0, 0.05) is 13.5 Å². The number of amides is 1. The highest BCUT2D eigenvalue weighted by atomic mass is 16.5. The van der Waals surface area contributed by atoms with Crippen LogP contribution in [0.2, 0.25) is 0 Å². The Morgan fingerprint density at radius 2 is 1.95 bits per heavy atom. The topological polar surface area (TPSA) is 51.9 Å². The van der Waals surface area contributed by atoms with Crippen molar-refractivity contribution in [2.75, 3.05) is 21.3 Å². The highest BCUT2D eigenvalue weighted by molar-refractivity contribution is 5.76. The van der Waals surface area contributed by atoms with Gasteiger partial charge in [-0.3, -0.25) is 4.79 Å². The van der Waals surface area contributed by atoms with Crippen LogP contribution in [0.15, 0.2) is 41.0 Å². The number of carbonyl (C=O) groups excluding carboxylic acids is 1. The molecule has 0 atom stereocenters. The van der Waals surface area contributed by atoms with Gasteiger partial charge < -0.3 is 18.8 Å². The van der Waals surface area contributed by atoms with Crippen LogP contribution in [0.4, 0.5) is 0 Å². The second kappa shape index (κ2) is 7.54. The van der Waals surface area contributed by atoms with Crippen LogP contribution in [0.3, 0.4) is 0 Å². The summed E-state index contributed by atoms with van der Waals surface area (Å²) >= 11 is 0. The lowest BCUT2D eigenvalue weighted by Gasteiger charge is -2.16. The molecule has 0 aliphatic rings. The zero-order valence-electron chi connectivity index (χ0n) is 13.2. The van der Waals surface area contributed by atoms with E-state index in [0.717, 1.165) is 11.3 Å². The SMILES string of the molecule is COc1ccc(CCC(=O)N(C)Cc2ccco2)cc1OC. The predicted octanol–water partition coefficient (Wildman–Crippen LogP) is 2.89. The number of aryl methyl sites for hydroxylation is 1. The van der Waals surface area contributed by atoms with Gasteiger partial charge in [0.15, 0.2) is 11.5 Å². The van der Waals surface area contributed by atoms with Crippen LogP contribution in [0.5, 0.6) is 11.5 Å². The molecule has 0 bridgehead atoms. The third-order valence-electron chi connectivity index (χ3n) is 3.47. The lowest BCUT2D eigenvalue weighted by atomic mass is 10.1. The summed E-state index contributed by atoms with van der Waals surface area (Å²) in [6.07, 6.45) is 2.70. The van der Waals surface area contributed by atoms with Gasteiger partial charge in [-0.15, -0.1) is 0 Å². The molecule has 1 amide bonds. The molecule has 22 heavy (non-hydrogen) atoms. The monoisotopic (exact) mass is 303 g/mol. The molecule has 0 spiro atoms. The average Bonchev–Trinajstić information content (AvgIpc) is 3.05. The van der Waals surface area contributed by atoms with Gasteiger partial charge in [-0.25, -0.2) is 0 Å². The molecule has 0 aliphatic heterocycles. The van der Waals surface area contributed by atoms with Crippen molar-refractivity contribution in [3.8, 4) is 11.5 Å². The van der Waals surface area contributed by atoms with E-state index in [1.54, 1.807) is 32.4 Å². The number of carbonyl (C=O) groups is 1. The summed E-state index contributed by atoms with van der Waals surface area (Å²) in [6.45, 7) is 0.484. The Morgan fingerprint density at radius 3 is 2.59 bits per heavy atom. The number of hydrogen-bond donors (Lipinski definition) is 0. The summed E-state index contributed by atoms with van der Waals surface area (Å²) in [6, 6.07) is 9.38. The van der Waals surface area contributed by atoms with Gasteiger partial charge in [-0.1, -0.05) is 6.07 Å². The van der Waals surface area contributed by atoms with Gasteiger partial charge in [-0.05, 0) is 36.2 Å². The van der Waals surface area contributed by atoms with E-state index in [4.69, 9.17) is 13.9 Å². The van der Waals surface area contributed by atoms with Crippen molar-refractivity contribution in [1.82, 2.24) is 4.90 Å². The number of rotatable bonds is 7. The van der Waals surface area contributed by atoms with Crippen molar-refractivity contribution in [3.05, 3.63) is 47.9 Å². The molecule has 2 rings (SSSR count). The van der Waals surface area contributed by atoms with Crippen molar-refractivity contribution in [3.63, 3.8) is 0 Å². The van der Waals surface area contributed by atoms with Crippen LogP contribution in [0.1, 0.15) is 17.7 Å². The minimum Gasteiger partial charge on any atom is -0.493 e. The molecule has 1 heterocycles. The molecular formula is C17H21NO4. The number of ether oxygens (including phenoxy) is 2. The minimum absolute atomic E-state index is 0.0752. The molecule has 1 aromatic carbocycles. The van der Waals surface area contributed by atoms with Crippen LogP contribution in [0.25, 0.3) is 0 Å². The first-order valence-electron chi connectivity index (χ1n) is 7.11. The van der Waals surface area contributed by atoms with E-state index < -0.39 is 0 Å². The average molecular weight is 303 g/mol. The Bertz CT molecular complexity index is 607. The van der Waals surface area contributed by atoms with Crippen LogP contribution in [-0.4, -0.2) is 32.1 Å². The maximum Gasteiger partial charge on any atom is 0.223 e. The van der Waals surface area contributed by atoms with Crippen molar-refractivity contribution < 1.29 is 18.7 Å². The third kappa shape index (κ3) is 4.04. The van der Waals surface area contributed by atoms with Gasteiger partial charge in [0.2, 0.25) is 5.91 Å². The normalized spacial score (nSPS) is 10.3. The molecule has 0 unspecified atom stereocenters. The van der Waals surface area contributed by atoms with Crippen LogP contribution in [0, 0.1) is 0 Å². The first kappa shape index (κ1) is 15.9. The van der Waals surface area contributed by atoms with Gasteiger partial charge in [0.25, 0.3) is 0 Å². The van der Waals surface area contributed by atoms with E-state index in [-0.39, 0.29) is 5.91 Å². The fourth-order valence-corrected chi connectivity index (χ4v) is 2.20. The lowest BCUT2D eigenvalue weighted by Crippen LogP contribution is -2.26. The summed E-state index contributed by atoms with van der Waals surface area (Å²) in [5.74, 6) is 2.22. The molecule has 0 saturated heterocycles. The van der Waals surface area contributed by atoms with E-state index in [2.05, 4.69) is 0 Å². The number of methoxy groups -OCH3 is 2. The second-order valence-corrected chi connectivity index (χ2v) is 5.02. The molecule has 5 nitrogen and oxygen atoms in total. The van der Waals surface area contributed by atoms with Crippen LogP contribution >= 0.6 is 0 Å². The Hall–Kier alpha value is -2.43. The van der Waals surface area contributed by atoms with E-state index in [1.165, 1.54) is 0 Å². The third-order valence-corrected chi connectivity index (χ3v) is 3.47. The van der Waals surface area contributed by atoms with Gasteiger partial charge in [0.05, 0.1) is 27.0 Å². The Balaban J connectivity index is 1.90. The largest absolute Gasteiger partial charge is 0.493 e. The quantitative estimate of drug-likeness (QED) is 0.789. The Kier molecular flexibility index (Phi) is 5.47. The van der Waals surface area contributed by atoms with E-state index in [1.807, 2.05) is 30.3 Å². The zero-order valence-corrected chi connectivity index (χ0v) is 13.2. The fraction of sp³-hybridized carbons (Fsp3) is 0.353. The second-order valence-electron chi connectivity index (χ2n) is 5.02. The number of hydrogen-bond acceptors (Lipinski definition) is 4. The first-order valence-corrected chi connectivity index (χ1v) is 7.11.